The molecule has 1 aliphatic carbocycles. The summed E-state index contributed by atoms with van der Waals surface area (Å²) in [6, 6.07) is 6.09. The molecule has 2 aromatic heterocycles. The normalized spacial score (nSPS) is 23.2. The Labute approximate surface area is 106 Å². The standard InChI is InChI=1S/C14H18N4/c15-14(11-4-5-11)9-17(10-14)7-12-8-18-6-2-1-3-13(18)16-12/h1-3,6,8,11H,4-5,7,9-10,15H2. The molecule has 0 unspecified atom stereocenters. The van der Waals surface area contributed by atoms with Gasteiger partial charge in [-0.15, -0.1) is 0 Å². The van der Waals surface area contributed by atoms with Crippen molar-refractivity contribution < 1.29 is 0 Å². The summed E-state index contributed by atoms with van der Waals surface area (Å²) in [7, 11) is 0. The average molecular weight is 242 g/mol. The number of hydrogen-bond acceptors (Lipinski definition) is 3. The summed E-state index contributed by atoms with van der Waals surface area (Å²) in [6.45, 7) is 2.99. The maximum Gasteiger partial charge on any atom is 0.137 e. The summed E-state index contributed by atoms with van der Waals surface area (Å²) in [5.41, 5.74) is 8.63. The Kier molecular flexibility index (Phi) is 2.08. The molecule has 0 atom stereocenters. The molecule has 1 saturated carbocycles. The number of likely N-dealkylation sites (tertiary alicyclic amines) is 1. The Balaban J connectivity index is 1.46. The van der Waals surface area contributed by atoms with Gasteiger partial charge >= 0.3 is 0 Å². The van der Waals surface area contributed by atoms with Crippen molar-refractivity contribution in [1.82, 2.24) is 14.3 Å². The van der Waals surface area contributed by atoms with Crippen LogP contribution < -0.4 is 5.73 Å². The number of rotatable bonds is 3. The summed E-state index contributed by atoms with van der Waals surface area (Å²) in [5.74, 6) is 0.787. The summed E-state index contributed by atoms with van der Waals surface area (Å²) in [6.07, 6.45) is 6.82. The zero-order chi connectivity index (χ0) is 12.2. The third-order valence-electron chi connectivity index (χ3n) is 4.23. The molecule has 0 spiro atoms. The van der Waals surface area contributed by atoms with E-state index in [0.29, 0.717) is 0 Å². The predicted molar refractivity (Wildman–Crippen MR) is 70.1 cm³/mol. The minimum atomic E-state index is 0.110. The Morgan fingerprint density at radius 3 is 2.89 bits per heavy atom. The van der Waals surface area contributed by atoms with E-state index in [1.165, 1.54) is 12.8 Å². The van der Waals surface area contributed by atoms with Crippen LogP contribution in [0.2, 0.25) is 0 Å². The van der Waals surface area contributed by atoms with Gasteiger partial charge in [0.1, 0.15) is 5.65 Å². The molecule has 1 aliphatic heterocycles. The van der Waals surface area contributed by atoms with Gasteiger partial charge in [-0.3, -0.25) is 4.90 Å². The maximum atomic E-state index is 6.36. The van der Waals surface area contributed by atoms with Gasteiger partial charge in [-0.2, -0.15) is 0 Å². The summed E-state index contributed by atoms with van der Waals surface area (Å²) in [4.78, 5) is 7.03. The molecular weight excluding hydrogens is 224 g/mol. The van der Waals surface area contributed by atoms with Crippen LogP contribution in [-0.4, -0.2) is 32.9 Å². The third-order valence-corrected chi connectivity index (χ3v) is 4.23. The molecule has 0 aromatic carbocycles. The molecule has 4 heteroatoms. The van der Waals surface area contributed by atoms with Crippen LogP contribution in [0.25, 0.3) is 5.65 Å². The monoisotopic (exact) mass is 242 g/mol. The Morgan fingerprint density at radius 2 is 2.17 bits per heavy atom. The Morgan fingerprint density at radius 1 is 1.33 bits per heavy atom. The van der Waals surface area contributed by atoms with E-state index in [1.807, 2.05) is 24.4 Å². The number of aromatic nitrogens is 2. The number of fused-ring (bicyclic) bond motifs is 1. The van der Waals surface area contributed by atoms with Gasteiger partial charge in [0.05, 0.1) is 5.69 Å². The number of imidazole rings is 1. The van der Waals surface area contributed by atoms with Crippen molar-refractivity contribution >= 4 is 5.65 Å². The zero-order valence-corrected chi connectivity index (χ0v) is 10.4. The highest BCUT2D eigenvalue weighted by Gasteiger charge is 2.50. The van der Waals surface area contributed by atoms with Crippen LogP contribution in [-0.2, 0) is 6.54 Å². The molecule has 2 fully saturated rings. The van der Waals surface area contributed by atoms with Crippen molar-refractivity contribution in [3.05, 3.63) is 36.3 Å². The van der Waals surface area contributed by atoms with Crippen molar-refractivity contribution in [2.75, 3.05) is 13.1 Å². The molecule has 94 valence electrons. The molecule has 0 amide bonds. The molecule has 1 saturated heterocycles. The second-order valence-corrected chi connectivity index (χ2v) is 5.85. The first-order chi connectivity index (χ1) is 8.73. The van der Waals surface area contributed by atoms with E-state index in [0.717, 1.165) is 36.9 Å². The lowest BCUT2D eigenvalue weighted by molar-refractivity contribution is 0.0469. The molecule has 0 radical (unpaired) electrons. The smallest absolute Gasteiger partial charge is 0.137 e. The van der Waals surface area contributed by atoms with Gasteiger partial charge in [0.15, 0.2) is 0 Å². The molecule has 2 aliphatic rings. The fourth-order valence-corrected chi connectivity index (χ4v) is 3.11. The second kappa shape index (κ2) is 3.56. The first-order valence-corrected chi connectivity index (χ1v) is 6.67. The SMILES string of the molecule is NC1(C2CC2)CN(Cc2cn3ccccc3n2)C1. The lowest BCUT2D eigenvalue weighted by Crippen LogP contribution is -2.68. The van der Waals surface area contributed by atoms with Gasteiger partial charge in [0.25, 0.3) is 0 Å². The van der Waals surface area contributed by atoms with E-state index in [9.17, 15) is 0 Å². The number of nitrogens with zero attached hydrogens (tertiary/aromatic N) is 3. The van der Waals surface area contributed by atoms with Crippen molar-refractivity contribution in [1.29, 1.82) is 0 Å². The van der Waals surface area contributed by atoms with E-state index < -0.39 is 0 Å². The van der Waals surface area contributed by atoms with Gasteiger partial charge < -0.3 is 10.1 Å². The fraction of sp³-hybridized carbons (Fsp3) is 0.500. The zero-order valence-electron chi connectivity index (χ0n) is 10.4. The van der Waals surface area contributed by atoms with Gasteiger partial charge in [-0.25, -0.2) is 4.98 Å². The quantitative estimate of drug-likeness (QED) is 0.881. The van der Waals surface area contributed by atoms with Crippen LogP contribution in [0.5, 0.6) is 0 Å². The lowest BCUT2D eigenvalue weighted by Gasteiger charge is -2.48. The lowest BCUT2D eigenvalue weighted by atomic mass is 9.86. The number of pyridine rings is 1. The van der Waals surface area contributed by atoms with E-state index in [-0.39, 0.29) is 5.54 Å². The Hall–Kier alpha value is -1.39. The minimum absolute atomic E-state index is 0.110. The molecular formula is C14H18N4. The van der Waals surface area contributed by atoms with Gasteiger partial charge in [-0.05, 0) is 30.9 Å². The van der Waals surface area contributed by atoms with E-state index in [1.54, 1.807) is 0 Å². The van der Waals surface area contributed by atoms with Crippen LogP contribution >= 0.6 is 0 Å². The van der Waals surface area contributed by atoms with Crippen molar-refractivity contribution in [2.24, 2.45) is 11.7 Å². The number of nitrogens with two attached hydrogens (primary N) is 1. The fourth-order valence-electron chi connectivity index (χ4n) is 3.11. The Bertz CT molecular complexity index is 545. The van der Waals surface area contributed by atoms with E-state index in [2.05, 4.69) is 20.5 Å². The highest BCUT2D eigenvalue weighted by Crippen LogP contribution is 2.43. The largest absolute Gasteiger partial charge is 0.323 e. The van der Waals surface area contributed by atoms with E-state index in [4.69, 9.17) is 5.73 Å². The average Bonchev–Trinajstić information content (AvgIpc) is 3.08. The van der Waals surface area contributed by atoms with Crippen LogP contribution in [0, 0.1) is 5.92 Å². The summed E-state index contributed by atoms with van der Waals surface area (Å²) >= 11 is 0. The van der Waals surface area contributed by atoms with Crippen LogP contribution in [0.4, 0.5) is 0 Å². The molecule has 18 heavy (non-hydrogen) atoms. The highest BCUT2D eigenvalue weighted by atomic mass is 15.3. The molecule has 3 heterocycles. The molecule has 0 bridgehead atoms. The van der Waals surface area contributed by atoms with E-state index >= 15 is 0 Å². The first-order valence-electron chi connectivity index (χ1n) is 6.67. The van der Waals surface area contributed by atoms with Gasteiger partial charge in [0.2, 0.25) is 0 Å². The predicted octanol–water partition coefficient (Wildman–Crippen LogP) is 1.26. The topological polar surface area (TPSA) is 46.6 Å². The number of hydrogen-bond donors (Lipinski definition) is 1. The second-order valence-electron chi connectivity index (χ2n) is 5.85. The van der Waals surface area contributed by atoms with Crippen molar-refractivity contribution in [3.63, 3.8) is 0 Å². The van der Waals surface area contributed by atoms with Crippen LogP contribution in [0.15, 0.2) is 30.6 Å². The summed E-state index contributed by atoms with van der Waals surface area (Å²) < 4.78 is 2.08. The van der Waals surface area contributed by atoms with Crippen molar-refractivity contribution in [2.45, 2.75) is 24.9 Å². The molecule has 2 aromatic rings. The third kappa shape index (κ3) is 1.64. The summed E-state index contributed by atoms with van der Waals surface area (Å²) in [5, 5.41) is 0. The van der Waals surface area contributed by atoms with Crippen LogP contribution in [0.1, 0.15) is 18.5 Å². The minimum Gasteiger partial charge on any atom is -0.323 e. The van der Waals surface area contributed by atoms with Crippen molar-refractivity contribution in [3.8, 4) is 0 Å². The van der Waals surface area contributed by atoms with Gasteiger partial charge in [-0.1, -0.05) is 6.07 Å². The molecule has 4 nitrogen and oxygen atoms in total. The first kappa shape index (κ1) is 10.5. The molecule has 4 rings (SSSR count). The highest BCUT2D eigenvalue weighted by molar-refractivity contribution is 5.39. The van der Waals surface area contributed by atoms with Gasteiger partial charge in [0, 0.05) is 37.6 Å². The molecule has 2 N–H and O–H groups in total. The van der Waals surface area contributed by atoms with Crippen LogP contribution in [0.3, 0.4) is 0 Å². The maximum absolute atomic E-state index is 6.36.